The van der Waals surface area contributed by atoms with Gasteiger partial charge < -0.3 is 5.32 Å². The van der Waals surface area contributed by atoms with Crippen LogP contribution >= 0.6 is 15.9 Å². The molecule has 1 aromatic carbocycles. The normalized spacial score (nSPS) is 12.2. The van der Waals surface area contributed by atoms with Crippen LogP contribution in [0, 0.1) is 6.92 Å². The Kier molecular flexibility index (Phi) is 4.37. The van der Waals surface area contributed by atoms with Gasteiger partial charge in [0.15, 0.2) is 0 Å². The van der Waals surface area contributed by atoms with Crippen LogP contribution in [0.1, 0.15) is 30.5 Å². The zero-order valence-corrected chi connectivity index (χ0v) is 12.2. The number of aromatic nitrogens is 1. The van der Waals surface area contributed by atoms with E-state index in [1.807, 2.05) is 12.3 Å². The number of benzene rings is 1. The van der Waals surface area contributed by atoms with Gasteiger partial charge in [-0.3, -0.25) is 0 Å². The van der Waals surface area contributed by atoms with E-state index in [-0.39, 0.29) is 0 Å². The van der Waals surface area contributed by atoms with Crippen LogP contribution in [0.25, 0.3) is 0 Å². The molecule has 0 radical (unpaired) electrons. The molecule has 1 heterocycles. The van der Waals surface area contributed by atoms with Gasteiger partial charge in [-0.25, -0.2) is 4.98 Å². The number of hydrogen-bond acceptors (Lipinski definition) is 2. The van der Waals surface area contributed by atoms with Gasteiger partial charge in [0, 0.05) is 10.7 Å². The molecule has 94 valence electrons. The summed E-state index contributed by atoms with van der Waals surface area (Å²) in [5, 5.41) is 3.48. The zero-order chi connectivity index (χ0) is 13.0. The van der Waals surface area contributed by atoms with E-state index in [4.69, 9.17) is 0 Å². The van der Waals surface area contributed by atoms with Gasteiger partial charge in [-0.2, -0.15) is 0 Å². The number of anilines is 1. The van der Waals surface area contributed by atoms with Crippen LogP contribution in [-0.2, 0) is 0 Å². The first-order valence-corrected chi connectivity index (χ1v) is 6.93. The monoisotopic (exact) mass is 304 g/mol. The Morgan fingerprint density at radius 3 is 2.61 bits per heavy atom. The average molecular weight is 305 g/mol. The highest BCUT2D eigenvalue weighted by atomic mass is 79.9. The van der Waals surface area contributed by atoms with Gasteiger partial charge >= 0.3 is 0 Å². The van der Waals surface area contributed by atoms with Crippen molar-refractivity contribution in [3.63, 3.8) is 0 Å². The highest BCUT2D eigenvalue weighted by Gasteiger charge is 2.09. The molecule has 0 amide bonds. The lowest BCUT2D eigenvalue weighted by atomic mass is 10.0. The quantitative estimate of drug-likeness (QED) is 0.884. The van der Waals surface area contributed by atoms with Gasteiger partial charge in [0.2, 0.25) is 0 Å². The van der Waals surface area contributed by atoms with Crippen LogP contribution in [0.3, 0.4) is 0 Å². The third-order valence-corrected chi connectivity index (χ3v) is 3.81. The van der Waals surface area contributed by atoms with Crippen molar-refractivity contribution in [1.82, 2.24) is 4.98 Å². The molecular weight excluding hydrogens is 288 g/mol. The van der Waals surface area contributed by atoms with E-state index in [1.54, 1.807) is 0 Å². The van der Waals surface area contributed by atoms with Crippen molar-refractivity contribution in [2.75, 3.05) is 5.32 Å². The molecule has 1 atom stereocenters. The molecule has 2 rings (SSSR count). The second kappa shape index (κ2) is 6.01. The predicted molar refractivity (Wildman–Crippen MR) is 79.8 cm³/mol. The molecule has 0 fully saturated rings. The first-order chi connectivity index (χ1) is 8.70. The maximum absolute atomic E-state index is 4.39. The van der Waals surface area contributed by atoms with Crippen molar-refractivity contribution in [3.05, 3.63) is 58.2 Å². The summed E-state index contributed by atoms with van der Waals surface area (Å²) < 4.78 is 1.04. The molecule has 0 aliphatic heterocycles. The summed E-state index contributed by atoms with van der Waals surface area (Å²) in [7, 11) is 0. The van der Waals surface area contributed by atoms with Crippen LogP contribution in [0.4, 0.5) is 5.82 Å². The van der Waals surface area contributed by atoms with E-state index in [1.165, 1.54) is 11.1 Å². The molecule has 0 bridgehead atoms. The van der Waals surface area contributed by atoms with Crippen molar-refractivity contribution in [3.8, 4) is 0 Å². The summed E-state index contributed by atoms with van der Waals surface area (Å²) in [6.07, 6.45) is 2.87. The standard InChI is InChI=1S/C15H17BrN2/c1-3-14(12-7-5-4-6-8-12)18-15-9-11(2)13(16)10-17-15/h4-10,14H,3H2,1-2H3,(H,17,18). The third-order valence-electron chi connectivity index (χ3n) is 2.98. The van der Waals surface area contributed by atoms with Gasteiger partial charge in [0.05, 0.1) is 6.04 Å². The summed E-state index contributed by atoms with van der Waals surface area (Å²) in [5.41, 5.74) is 2.48. The highest BCUT2D eigenvalue weighted by molar-refractivity contribution is 9.10. The number of nitrogens with zero attached hydrogens (tertiary/aromatic N) is 1. The van der Waals surface area contributed by atoms with Gasteiger partial charge in [-0.15, -0.1) is 0 Å². The topological polar surface area (TPSA) is 24.9 Å². The number of halogens is 1. The third kappa shape index (κ3) is 3.10. The Morgan fingerprint density at radius 1 is 1.28 bits per heavy atom. The van der Waals surface area contributed by atoms with Gasteiger partial charge in [0.1, 0.15) is 5.82 Å². The van der Waals surface area contributed by atoms with Gasteiger partial charge in [0.25, 0.3) is 0 Å². The summed E-state index contributed by atoms with van der Waals surface area (Å²) in [6.45, 7) is 4.25. The van der Waals surface area contributed by atoms with Crippen molar-refractivity contribution in [2.24, 2.45) is 0 Å². The Hall–Kier alpha value is -1.35. The molecule has 2 aromatic rings. The van der Waals surface area contributed by atoms with E-state index in [9.17, 15) is 0 Å². The van der Waals surface area contributed by atoms with E-state index in [2.05, 4.69) is 70.4 Å². The SMILES string of the molecule is CCC(Nc1cc(C)c(Br)cn1)c1ccccc1. The molecule has 1 aromatic heterocycles. The van der Waals surface area contributed by atoms with Gasteiger partial charge in [-0.1, -0.05) is 37.3 Å². The zero-order valence-electron chi connectivity index (χ0n) is 10.7. The molecule has 1 N–H and O–H groups in total. The molecule has 18 heavy (non-hydrogen) atoms. The minimum Gasteiger partial charge on any atom is -0.363 e. The second-order valence-corrected chi connectivity index (χ2v) is 5.19. The van der Waals surface area contributed by atoms with E-state index >= 15 is 0 Å². The number of nitrogens with one attached hydrogen (secondary N) is 1. The Balaban J connectivity index is 2.18. The molecule has 1 unspecified atom stereocenters. The van der Waals surface area contributed by atoms with Crippen LogP contribution < -0.4 is 5.32 Å². The fourth-order valence-corrected chi connectivity index (χ4v) is 2.12. The van der Waals surface area contributed by atoms with Crippen molar-refractivity contribution in [1.29, 1.82) is 0 Å². The summed E-state index contributed by atoms with van der Waals surface area (Å²) in [6, 6.07) is 12.8. The number of pyridine rings is 1. The maximum atomic E-state index is 4.39. The van der Waals surface area contributed by atoms with Crippen molar-refractivity contribution < 1.29 is 0 Å². The molecule has 0 aliphatic carbocycles. The summed E-state index contributed by atoms with van der Waals surface area (Å²) in [5.74, 6) is 0.923. The second-order valence-electron chi connectivity index (χ2n) is 4.33. The molecule has 0 aliphatic rings. The maximum Gasteiger partial charge on any atom is 0.126 e. The first kappa shape index (κ1) is 13.1. The van der Waals surface area contributed by atoms with Crippen LogP contribution in [0.2, 0.25) is 0 Å². The Labute approximate surface area is 117 Å². The lowest BCUT2D eigenvalue weighted by Gasteiger charge is -2.18. The molecular formula is C15H17BrN2. The van der Waals surface area contributed by atoms with Crippen molar-refractivity contribution in [2.45, 2.75) is 26.3 Å². The molecule has 0 saturated carbocycles. The van der Waals surface area contributed by atoms with E-state index in [0.717, 1.165) is 16.7 Å². The molecule has 0 spiro atoms. The summed E-state index contributed by atoms with van der Waals surface area (Å²) >= 11 is 3.47. The minimum atomic E-state index is 0.305. The molecule has 2 nitrogen and oxygen atoms in total. The average Bonchev–Trinajstić information content (AvgIpc) is 2.41. The molecule has 0 saturated heterocycles. The fourth-order valence-electron chi connectivity index (χ4n) is 1.90. The molecule has 3 heteroatoms. The number of aryl methyl sites for hydroxylation is 1. The van der Waals surface area contributed by atoms with Gasteiger partial charge in [-0.05, 0) is 46.5 Å². The number of rotatable bonds is 4. The highest BCUT2D eigenvalue weighted by Crippen LogP contribution is 2.23. The largest absolute Gasteiger partial charge is 0.363 e. The van der Waals surface area contributed by atoms with Crippen LogP contribution in [0.5, 0.6) is 0 Å². The first-order valence-electron chi connectivity index (χ1n) is 6.14. The van der Waals surface area contributed by atoms with Crippen molar-refractivity contribution >= 4 is 21.7 Å². The van der Waals surface area contributed by atoms with Crippen LogP contribution in [0.15, 0.2) is 47.1 Å². The lowest BCUT2D eigenvalue weighted by molar-refractivity contribution is 0.744. The fraction of sp³-hybridized carbons (Fsp3) is 0.267. The Morgan fingerprint density at radius 2 is 2.00 bits per heavy atom. The van der Waals surface area contributed by atoms with Crippen LogP contribution in [-0.4, -0.2) is 4.98 Å². The number of hydrogen-bond donors (Lipinski definition) is 1. The minimum absolute atomic E-state index is 0.305. The smallest absolute Gasteiger partial charge is 0.126 e. The van der Waals surface area contributed by atoms with E-state index < -0.39 is 0 Å². The summed E-state index contributed by atoms with van der Waals surface area (Å²) in [4.78, 5) is 4.39. The lowest BCUT2D eigenvalue weighted by Crippen LogP contribution is -2.10. The van der Waals surface area contributed by atoms with E-state index in [0.29, 0.717) is 6.04 Å². The Bertz CT molecular complexity index is 511. The predicted octanol–water partition coefficient (Wildman–Crippen LogP) is 4.72.